The molecular formula is C23H16IN. The molecule has 0 spiro atoms. The van der Waals surface area contributed by atoms with Crippen LogP contribution in [0.5, 0.6) is 0 Å². The van der Waals surface area contributed by atoms with Crippen molar-refractivity contribution in [1.29, 1.82) is 0 Å². The minimum absolute atomic E-state index is 0.994. The fourth-order valence-electron chi connectivity index (χ4n) is 3.00. The van der Waals surface area contributed by atoms with Crippen molar-refractivity contribution in [3.8, 4) is 33.5 Å². The zero-order valence-electron chi connectivity index (χ0n) is 13.6. The molecule has 1 heterocycles. The summed E-state index contributed by atoms with van der Waals surface area (Å²) in [6, 6.07) is 31.8. The molecule has 0 aliphatic rings. The molecule has 2 heteroatoms. The van der Waals surface area contributed by atoms with Crippen LogP contribution in [0.4, 0.5) is 0 Å². The van der Waals surface area contributed by atoms with Crippen LogP contribution < -0.4 is 0 Å². The molecule has 1 aromatic heterocycles. The van der Waals surface area contributed by atoms with Gasteiger partial charge < -0.3 is 0 Å². The van der Waals surface area contributed by atoms with E-state index >= 15 is 0 Å². The summed E-state index contributed by atoms with van der Waals surface area (Å²) in [5.41, 5.74) is 7.05. The molecule has 1 nitrogen and oxygen atoms in total. The highest BCUT2D eigenvalue weighted by Crippen LogP contribution is 2.35. The number of halogens is 1. The summed E-state index contributed by atoms with van der Waals surface area (Å²) >= 11 is 2.37. The van der Waals surface area contributed by atoms with Crippen molar-refractivity contribution in [3.05, 3.63) is 101 Å². The predicted molar refractivity (Wildman–Crippen MR) is 113 cm³/mol. The van der Waals surface area contributed by atoms with E-state index < -0.39 is 0 Å². The quantitative estimate of drug-likeness (QED) is 0.328. The third-order valence-electron chi connectivity index (χ3n) is 4.20. The average Bonchev–Trinajstić information content (AvgIpc) is 2.69. The lowest BCUT2D eigenvalue weighted by Crippen LogP contribution is -1.89. The lowest BCUT2D eigenvalue weighted by Gasteiger charge is -2.13. The maximum atomic E-state index is 4.50. The van der Waals surface area contributed by atoms with Crippen LogP contribution in [0, 0.1) is 3.57 Å². The SMILES string of the molecule is Ic1cccc(-c2cc(-c3ccccn3)ccc2-c2ccccc2)c1. The molecule has 0 atom stereocenters. The molecule has 0 unspecified atom stereocenters. The smallest absolute Gasteiger partial charge is 0.0702 e. The van der Waals surface area contributed by atoms with Gasteiger partial charge in [0.05, 0.1) is 5.69 Å². The Hall–Kier alpha value is -2.46. The monoisotopic (exact) mass is 433 g/mol. The molecule has 4 rings (SSSR count). The molecule has 0 fully saturated rings. The first-order valence-corrected chi connectivity index (χ1v) is 9.26. The topological polar surface area (TPSA) is 12.9 Å². The van der Waals surface area contributed by atoms with Gasteiger partial charge in [0.15, 0.2) is 0 Å². The Labute approximate surface area is 161 Å². The third kappa shape index (κ3) is 3.49. The molecule has 0 aliphatic heterocycles. The van der Waals surface area contributed by atoms with Crippen molar-refractivity contribution in [2.24, 2.45) is 0 Å². The number of aromatic nitrogens is 1. The maximum Gasteiger partial charge on any atom is 0.0702 e. The standard InChI is InChI=1S/C23H16IN/c24-20-10-6-9-18(15-20)22-16-19(23-11-4-5-14-25-23)12-13-21(22)17-7-2-1-3-8-17/h1-16H. The summed E-state index contributed by atoms with van der Waals surface area (Å²) in [6.45, 7) is 0. The third-order valence-corrected chi connectivity index (χ3v) is 4.87. The number of hydrogen-bond donors (Lipinski definition) is 0. The Morgan fingerprint density at radius 1 is 0.560 bits per heavy atom. The van der Waals surface area contributed by atoms with E-state index in [-0.39, 0.29) is 0 Å². The molecule has 0 saturated carbocycles. The number of hydrogen-bond acceptors (Lipinski definition) is 1. The van der Waals surface area contributed by atoms with Gasteiger partial charge >= 0.3 is 0 Å². The van der Waals surface area contributed by atoms with Crippen molar-refractivity contribution in [1.82, 2.24) is 4.98 Å². The van der Waals surface area contributed by atoms with E-state index in [1.807, 2.05) is 18.3 Å². The van der Waals surface area contributed by atoms with Gasteiger partial charge in [0, 0.05) is 15.3 Å². The maximum absolute atomic E-state index is 4.50. The van der Waals surface area contributed by atoms with Gasteiger partial charge in [-0.15, -0.1) is 0 Å². The Morgan fingerprint density at radius 2 is 1.36 bits per heavy atom. The van der Waals surface area contributed by atoms with Crippen LogP contribution in [-0.4, -0.2) is 4.98 Å². The number of pyridine rings is 1. The van der Waals surface area contributed by atoms with Gasteiger partial charge in [0.25, 0.3) is 0 Å². The second kappa shape index (κ2) is 7.19. The van der Waals surface area contributed by atoms with Gasteiger partial charge in [-0.1, -0.05) is 60.7 Å². The highest BCUT2D eigenvalue weighted by atomic mass is 127. The van der Waals surface area contributed by atoms with E-state index in [1.165, 1.54) is 25.8 Å². The van der Waals surface area contributed by atoms with E-state index in [2.05, 4.69) is 106 Å². The lowest BCUT2D eigenvalue weighted by molar-refractivity contribution is 1.33. The summed E-state index contributed by atoms with van der Waals surface area (Å²) in [4.78, 5) is 4.50. The highest BCUT2D eigenvalue weighted by Gasteiger charge is 2.10. The molecule has 120 valence electrons. The van der Waals surface area contributed by atoms with Gasteiger partial charge in [-0.05, 0) is 75.2 Å². The van der Waals surface area contributed by atoms with Crippen LogP contribution in [0.1, 0.15) is 0 Å². The highest BCUT2D eigenvalue weighted by molar-refractivity contribution is 14.1. The zero-order chi connectivity index (χ0) is 17.1. The van der Waals surface area contributed by atoms with Gasteiger partial charge in [0.2, 0.25) is 0 Å². The molecule has 0 amide bonds. The fourth-order valence-corrected chi connectivity index (χ4v) is 3.54. The molecule has 4 aromatic rings. The van der Waals surface area contributed by atoms with Crippen molar-refractivity contribution >= 4 is 22.6 Å². The fraction of sp³-hybridized carbons (Fsp3) is 0. The van der Waals surface area contributed by atoms with Gasteiger partial charge in [-0.3, -0.25) is 4.98 Å². The van der Waals surface area contributed by atoms with Crippen LogP contribution in [0.3, 0.4) is 0 Å². The van der Waals surface area contributed by atoms with Crippen LogP contribution in [0.25, 0.3) is 33.5 Å². The van der Waals surface area contributed by atoms with E-state index in [1.54, 1.807) is 0 Å². The zero-order valence-corrected chi connectivity index (χ0v) is 15.7. The first kappa shape index (κ1) is 16.0. The average molecular weight is 433 g/mol. The molecule has 0 N–H and O–H groups in total. The second-order valence-corrected chi connectivity index (χ2v) is 7.10. The van der Waals surface area contributed by atoms with Gasteiger partial charge in [-0.2, -0.15) is 0 Å². The van der Waals surface area contributed by atoms with E-state index in [0.717, 1.165) is 11.3 Å². The minimum atomic E-state index is 0.994. The summed E-state index contributed by atoms with van der Waals surface area (Å²) in [7, 11) is 0. The van der Waals surface area contributed by atoms with Gasteiger partial charge in [-0.25, -0.2) is 0 Å². The van der Waals surface area contributed by atoms with Crippen LogP contribution in [0.2, 0.25) is 0 Å². The van der Waals surface area contributed by atoms with E-state index in [4.69, 9.17) is 0 Å². The number of rotatable bonds is 3. The Balaban J connectivity index is 1.93. The van der Waals surface area contributed by atoms with Crippen LogP contribution in [-0.2, 0) is 0 Å². The molecular weight excluding hydrogens is 417 g/mol. The Morgan fingerprint density at radius 3 is 2.12 bits per heavy atom. The van der Waals surface area contributed by atoms with E-state index in [0.29, 0.717) is 0 Å². The molecule has 0 saturated heterocycles. The van der Waals surface area contributed by atoms with Crippen molar-refractivity contribution < 1.29 is 0 Å². The van der Waals surface area contributed by atoms with Crippen molar-refractivity contribution in [2.45, 2.75) is 0 Å². The predicted octanol–water partition coefficient (Wildman–Crippen LogP) is 6.69. The molecule has 0 radical (unpaired) electrons. The summed E-state index contributed by atoms with van der Waals surface area (Å²) < 4.78 is 1.23. The van der Waals surface area contributed by atoms with Crippen molar-refractivity contribution in [2.75, 3.05) is 0 Å². The largest absolute Gasteiger partial charge is 0.256 e. The van der Waals surface area contributed by atoms with Crippen LogP contribution >= 0.6 is 22.6 Å². The molecule has 3 aromatic carbocycles. The molecule has 25 heavy (non-hydrogen) atoms. The lowest BCUT2D eigenvalue weighted by atomic mass is 9.92. The van der Waals surface area contributed by atoms with Crippen molar-refractivity contribution in [3.63, 3.8) is 0 Å². The van der Waals surface area contributed by atoms with Crippen LogP contribution in [0.15, 0.2) is 97.2 Å². The summed E-state index contributed by atoms with van der Waals surface area (Å²) in [5.74, 6) is 0. The number of benzene rings is 3. The Bertz CT molecular complexity index is 995. The number of nitrogens with zero attached hydrogens (tertiary/aromatic N) is 1. The minimum Gasteiger partial charge on any atom is -0.256 e. The normalized spacial score (nSPS) is 10.6. The first-order chi connectivity index (χ1) is 12.3. The molecule has 0 bridgehead atoms. The van der Waals surface area contributed by atoms with E-state index in [9.17, 15) is 0 Å². The second-order valence-electron chi connectivity index (χ2n) is 5.85. The first-order valence-electron chi connectivity index (χ1n) is 8.18. The summed E-state index contributed by atoms with van der Waals surface area (Å²) in [6.07, 6.45) is 1.84. The summed E-state index contributed by atoms with van der Waals surface area (Å²) in [5, 5.41) is 0. The molecule has 0 aliphatic carbocycles. The van der Waals surface area contributed by atoms with Gasteiger partial charge in [0.1, 0.15) is 0 Å². The Kier molecular flexibility index (Phi) is 4.61.